The van der Waals surface area contributed by atoms with Gasteiger partial charge in [0, 0.05) is 5.69 Å². The Morgan fingerprint density at radius 1 is 0.964 bits per heavy atom. The summed E-state index contributed by atoms with van der Waals surface area (Å²) in [7, 11) is 0. The van der Waals surface area contributed by atoms with Gasteiger partial charge in [-0.25, -0.2) is 9.97 Å². The van der Waals surface area contributed by atoms with Crippen LogP contribution >= 0.6 is 0 Å². The molecule has 0 saturated carbocycles. The molecule has 0 radical (unpaired) electrons. The van der Waals surface area contributed by atoms with E-state index < -0.39 is 6.36 Å². The zero-order chi connectivity index (χ0) is 20.1. The summed E-state index contributed by atoms with van der Waals surface area (Å²) in [5.74, 6) is 0.473. The number of ether oxygens (including phenoxy) is 1. The van der Waals surface area contributed by atoms with Crippen molar-refractivity contribution >= 4 is 23.0 Å². The molecule has 1 unspecified atom stereocenters. The maximum atomic E-state index is 12.2. The summed E-state index contributed by atoms with van der Waals surface area (Å²) in [6.45, 7) is 1.98. The third-order valence-electron chi connectivity index (χ3n) is 3.89. The molecular formula is C19H18F3N5O. The first-order valence-corrected chi connectivity index (χ1v) is 8.36. The van der Waals surface area contributed by atoms with Crippen LogP contribution in [0.25, 0.3) is 0 Å². The highest BCUT2D eigenvalue weighted by Crippen LogP contribution is 2.30. The predicted octanol–water partition coefficient (Wildman–Crippen LogP) is 4.87. The molecule has 1 aromatic heterocycles. The first-order valence-electron chi connectivity index (χ1n) is 8.36. The normalized spacial score (nSPS) is 12.3. The summed E-state index contributed by atoms with van der Waals surface area (Å²) in [5.41, 5.74) is 8.01. The minimum absolute atomic E-state index is 0.0370. The van der Waals surface area contributed by atoms with Gasteiger partial charge in [0.05, 0.1) is 6.04 Å². The number of nitrogen functional groups attached to an aromatic ring is 1. The number of aromatic nitrogens is 2. The number of nitrogens with two attached hydrogens (primary N) is 1. The highest BCUT2D eigenvalue weighted by Gasteiger charge is 2.30. The molecule has 0 fully saturated rings. The van der Waals surface area contributed by atoms with Crippen LogP contribution in [0.1, 0.15) is 18.5 Å². The Balaban J connectivity index is 1.72. The summed E-state index contributed by atoms with van der Waals surface area (Å²) in [6, 6.07) is 15.0. The summed E-state index contributed by atoms with van der Waals surface area (Å²) < 4.78 is 40.6. The minimum atomic E-state index is -4.73. The SMILES string of the molecule is CC(Nc1ncnc(Nc2ccc(OC(F)(F)F)cc2)c1N)c1ccccc1. The molecule has 2 aromatic carbocycles. The molecule has 146 valence electrons. The van der Waals surface area contributed by atoms with Crippen molar-refractivity contribution in [2.45, 2.75) is 19.3 Å². The average Bonchev–Trinajstić information content (AvgIpc) is 2.66. The molecule has 28 heavy (non-hydrogen) atoms. The van der Waals surface area contributed by atoms with Gasteiger partial charge in [-0.2, -0.15) is 0 Å². The van der Waals surface area contributed by atoms with Crippen molar-refractivity contribution in [2.75, 3.05) is 16.4 Å². The fourth-order valence-electron chi connectivity index (χ4n) is 2.52. The summed E-state index contributed by atoms with van der Waals surface area (Å²) in [6.07, 6.45) is -3.39. The molecule has 4 N–H and O–H groups in total. The molecule has 0 amide bonds. The van der Waals surface area contributed by atoms with Crippen molar-refractivity contribution in [3.63, 3.8) is 0 Å². The van der Waals surface area contributed by atoms with Crippen LogP contribution in [0, 0.1) is 0 Å². The number of rotatable bonds is 6. The first kappa shape index (κ1) is 19.3. The fourth-order valence-corrected chi connectivity index (χ4v) is 2.52. The number of hydrogen-bond acceptors (Lipinski definition) is 6. The Morgan fingerprint density at radius 2 is 1.61 bits per heavy atom. The largest absolute Gasteiger partial charge is 0.573 e. The molecule has 0 aliphatic carbocycles. The summed E-state index contributed by atoms with van der Waals surface area (Å²) in [5, 5.41) is 6.19. The van der Waals surface area contributed by atoms with Gasteiger partial charge in [-0.05, 0) is 36.8 Å². The van der Waals surface area contributed by atoms with Crippen LogP contribution in [0.3, 0.4) is 0 Å². The lowest BCUT2D eigenvalue weighted by molar-refractivity contribution is -0.274. The van der Waals surface area contributed by atoms with Gasteiger partial charge in [0.25, 0.3) is 0 Å². The number of anilines is 4. The zero-order valence-corrected chi connectivity index (χ0v) is 14.9. The van der Waals surface area contributed by atoms with Crippen molar-refractivity contribution in [1.29, 1.82) is 0 Å². The molecule has 1 atom stereocenters. The lowest BCUT2D eigenvalue weighted by Crippen LogP contribution is -2.17. The van der Waals surface area contributed by atoms with Crippen LogP contribution in [-0.4, -0.2) is 16.3 Å². The Labute approximate surface area is 159 Å². The van der Waals surface area contributed by atoms with E-state index in [0.29, 0.717) is 23.0 Å². The molecule has 0 spiro atoms. The second kappa shape index (κ2) is 8.03. The first-order chi connectivity index (χ1) is 13.3. The Bertz CT molecular complexity index is 917. The van der Waals surface area contributed by atoms with E-state index in [1.807, 2.05) is 37.3 Å². The quantitative estimate of drug-likeness (QED) is 0.558. The van der Waals surface area contributed by atoms with Crippen LogP contribution in [-0.2, 0) is 0 Å². The number of halogens is 3. The molecule has 9 heteroatoms. The topological polar surface area (TPSA) is 85.1 Å². The van der Waals surface area contributed by atoms with Crippen molar-refractivity contribution < 1.29 is 17.9 Å². The van der Waals surface area contributed by atoms with E-state index in [9.17, 15) is 13.2 Å². The van der Waals surface area contributed by atoms with E-state index in [1.54, 1.807) is 0 Å². The van der Waals surface area contributed by atoms with Gasteiger partial charge in [-0.1, -0.05) is 30.3 Å². The molecule has 3 rings (SSSR count). The lowest BCUT2D eigenvalue weighted by atomic mass is 10.1. The monoisotopic (exact) mass is 389 g/mol. The van der Waals surface area contributed by atoms with Crippen LogP contribution in [0.2, 0.25) is 0 Å². The van der Waals surface area contributed by atoms with Crippen LogP contribution in [0.5, 0.6) is 5.75 Å². The van der Waals surface area contributed by atoms with Crippen molar-refractivity contribution in [2.24, 2.45) is 0 Å². The van der Waals surface area contributed by atoms with Gasteiger partial charge in [0.2, 0.25) is 0 Å². The van der Waals surface area contributed by atoms with E-state index in [4.69, 9.17) is 5.73 Å². The van der Waals surface area contributed by atoms with Gasteiger partial charge in [0.1, 0.15) is 17.8 Å². The number of alkyl halides is 3. The van der Waals surface area contributed by atoms with Gasteiger partial charge in [0.15, 0.2) is 11.6 Å². The van der Waals surface area contributed by atoms with Crippen molar-refractivity contribution in [3.8, 4) is 5.75 Å². The van der Waals surface area contributed by atoms with E-state index >= 15 is 0 Å². The third kappa shape index (κ3) is 5.03. The highest BCUT2D eigenvalue weighted by molar-refractivity contribution is 5.77. The molecule has 0 bridgehead atoms. The smallest absolute Gasteiger partial charge is 0.406 e. The van der Waals surface area contributed by atoms with E-state index in [-0.39, 0.29) is 11.8 Å². The average molecular weight is 389 g/mol. The van der Waals surface area contributed by atoms with E-state index in [1.165, 1.54) is 30.6 Å². The molecular weight excluding hydrogens is 371 g/mol. The second-order valence-electron chi connectivity index (χ2n) is 5.96. The lowest BCUT2D eigenvalue weighted by Gasteiger charge is -2.17. The summed E-state index contributed by atoms with van der Waals surface area (Å²) >= 11 is 0. The van der Waals surface area contributed by atoms with E-state index in [2.05, 4.69) is 25.3 Å². The third-order valence-corrected chi connectivity index (χ3v) is 3.89. The molecule has 6 nitrogen and oxygen atoms in total. The summed E-state index contributed by atoms with van der Waals surface area (Å²) in [4.78, 5) is 8.27. The minimum Gasteiger partial charge on any atom is -0.406 e. The maximum Gasteiger partial charge on any atom is 0.573 e. The van der Waals surface area contributed by atoms with Crippen LogP contribution < -0.4 is 21.1 Å². The van der Waals surface area contributed by atoms with E-state index in [0.717, 1.165) is 5.56 Å². The van der Waals surface area contributed by atoms with Crippen LogP contribution in [0.4, 0.5) is 36.2 Å². The number of benzene rings is 2. The van der Waals surface area contributed by atoms with Crippen molar-refractivity contribution in [1.82, 2.24) is 9.97 Å². The Hall–Kier alpha value is -3.49. The molecule has 0 aliphatic heterocycles. The van der Waals surface area contributed by atoms with Gasteiger partial charge >= 0.3 is 6.36 Å². The van der Waals surface area contributed by atoms with Crippen molar-refractivity contribution in [3.05, 3.63) is 66.5 Å². The second-order valence-corrected chi connectivity index (χ2v) is 5.96. The van der Waals surface area contributed by atoms with Gasteiger partial charge < -0.3 is 21.1 Å². The number of nitrogens with zero attached hydrogens (tertiary/aromatic N) is 2. The zero-order valence-electron chi connectivity index (χ0n) is 14.9. The number of nitrogens with one attached hydrogen (secondary N) is 2. The molecule has 0 saturated heterocycles. The Morgan fingerprint density at radius 3 is 2.25 bits per heavy atom. The highest BCUT2D eigenvalue weighted by atomic mass is 19.4. The fraction of sp³-hybridized carbons (Fsp3) is 0.158. The Kier molecular flexibility index (Phi) is 5.53. The molecule has 0 aliphatic rings. The maximum absolute atomic E-state index is 12.2. The standard InChI is InChI=1S/C19H18F3N5O/c1-12(13-5-3-2-4-6-13)26-17-16(23)18(25-11-24-17)27-14-7-9-15(10-8-14)28-19(20,21)22/h2-12H,23H2,1H3,(H2,24,25,26,27). The predicted molar refractivity (Wildman–Crippen MR) is 101 cm³/mol. The van der Waals surface area contributed by atoms with Crippen LogP contribution in [0.15, 0.2) is 60.9 Å². The molecule has 1 heterocycles. The molecule has 3 aromatic rings. The number of hydrogen-bond donors (Lipinski definition) is 3. The van der Waals surface area contributed by atoms with Gasteiger partial charge in [-0.15, -0.1) is 13.2 Å². The van der Waals surface area contributed by atoms with Gasteiger partial charge in [-0.3, -0.25) is 0 Å².